The van der Waals surface area contributed by atoms with E-state index < -0.39 is 24.5 Å². The number of nitrogens with one attached hydrogen (secondary N) is 1. The summed E-state index contributed by atoms with van der Waals surface area (Å²) < 4.78 is 9.57. The van der Waals surface area contributed by atoms with E-state index >= 15 is 0 Å². The molecule has 0 saturated carbocycles. The number of aryl methyl sites for hydroxylation is 1. The number of amides is 2. The van der Waals surface area contributed by atoms with Gasteiger partial charge in [0.2, 0.25) is 0 Å². The zero-order chi connectivity index (χ0) is 16.5. The highest BCUT2D eigenvalue weighted by Gasteiger charge is 2.22. The molecule has 0 aliphatic rings. The average molecular weight is 308 g/mol. The van der Waals surface area contributed by atoms with Crippen molar-refractivity contribution in [1.29, 1.82) is 0 Å². The summed E-state index contributed by atoms with van der Waals surface area (Å²) in [5, 5.41) is 0.795. The highest BCUT2D eigenvalue weighted by Crippen LogP contribution is 2.04. The van der Waals surface area contributed by atoms with E-state index in [4.69, 9.17) is 9.47 Å². The van der Waals surface area contributed by atoms with Crippen LogP contribution in [0.1, 0.15) is 29.8 Å². The van der Waals surface area contributed by atoms with Gasteiger partial charge in [-0.2, -0.15) is 0 Å². The van der Waals surface area contributed by atoms with Crippen LogP contribution in [0.15, 0.2) is 24.3 Å². The molecule has 0 atom stereocenters. The van der Waals surface area contributed by atoms with Gasteiger partial charge in [0, 0.05) is 5.56 Å². The summed E-state index contributed by atoms with van der Waals surface area (Å²) in [5.74, 6) is -1.16. The first-order chi connectivity index (χ1) is 10.5. The smallest absolute Gasteiger partial charge is 0.429 e. The fourth-order valence-electron chi connectivity index (χ4n) is 1.58. The Kier molecular flexibility index (Phi) is 6.88. The number of carbonyl (C=O) groups is 3. The molecule has 0 spiro atoms. The lowest BCUT2D eigenvalue weighted by atomic mass is 10.1. The number of benzene rings is 1. The molecular weight excluding hydrogens is 288 g/mol. The molecule has 0 bridgehead atoms. The van der Waals surface area contributed by atoms with Crippen molar-refractivity contribution in [1.82, 2.24) is 10.4 Å². The second-order valence-electron chi connectivity index (χ2n) is 4.40. The van der Waals surface area contributed by atoms with Crippen LogP contribution in [0, 0.1) is 6.92 Å². The molecule has 7 heteroatoms. The van der Waals surface area contributed by atoms with Gasteiger partial charge >= 0.3 is 12.1 Å². The van der Waals surface area contributed by atoms with Crippen molar-refractivity contribution >= 4 is 18.0 Å². The minimum absolute atomic E-state index is 0.124. The Labute approximate surface area is 129 Å². The van der Waals surface area contributed by atoms with Crippen molar-refractivity contribution in [2.24, 2.45) is 0 Å². The van der Waals surface area contributed by atoms with Gasteiger partial charge in [0.1, 0.15) is 6.54 Å². The van der Waals surface area contributed by atoms with E-state index in [0.717, 1.165) is 10.6 Å². The second-order valence-corrected chi connectivity index (χ2v) is 4.40. The molecule has 1 N–H and O–H groups in total. The quantitative estimate of drug-likeness (QED) is 0.660. The van der Waals surface area contributed by atoms with Gasteiger partial charge in [0.05, 0.1) is 13.2 Å². The summed E-state index contributed by atoms with van der Waals surface area (Å²) in [6.07, 6.45) is -0.823. The lowest BCUT2D eigenvalue weighted by Gasteiger charge is -2.21. The molecule has 0 aliphatic heterocycles. The van der Waals surface area contributed by atoms with Gasteiger partial charge in [-0.1, -0.05) is 17.7 Å². The van der Waals surface area contributed by atoms with Crippen molar-refractivity contribution in [2.75, 3.05) is 19.8 Å². The number of hydrogen-bond acceptors (Lipinski definition) is 5. The first kappa shape index (κ1) is 17.5. The number of hydrogen-bond donors (Lipinski definition) is 1. The topological polar surface area (TPSA) is 84.9 Å². The van der Waals surface area contributed by atoms with Crippen LogP contribution in [-0.2, 0) is 14.3 Å². The Balaban J connectivity index is 2.78. The van der Waals surface area contributed by atoms with Crippen LogP contribution in [0.2, 0.25) is 0 Å². The van der Waals surface area contributed by atoms with Crippen LogP contribution in [0.4, 0.5) is 4.79 Å². The third-order valence-corrected chi connectivity index (χ3v) is 2.63. The van der Waals surface area contributed by atoms with Crippen LogP contribution >= 0.6 is 0 Å². The van der Waals surface area contributed by atoms with E-state index in [9.17, 15) is 14.4 Å². The standard InChI is InChI=1S/C15H20N2O5/c1-4-21-13(18)10-17(15(20)22-5-2)16-14(19)12-8-6-11(3)7-9-12/h6-9H,4-5,10H2,1-3H3,(H,16,19). The Morgan fingerprint density at radius 3 is 2.18 bits per heavy atom. The lowest BCUT2D eigenvalue weighted by molar-refractivity contribution is -0.144. The Bertz CT molecular complexity index is 527. The van der Waals surface area contributed by atoms with Crippen molar-refractivity contribution < 1.29 is 23.9 Å². The predicted octanol–water partition coefficient (Wildman–Crippen LogP) is 1.66. The fourth-order valence-corrected chi connectivity index (χ4v) is 1.58. The highest BCUT2D eigenvalue weighted by molar-refractivity contribution is 5.95. The zero-order valence-electron chi connectivity index (χ0n) is 12.9. The molecule has 0 unspecified atom stereocenters. The largest absolute Gasteiger partial charge is 0.465 e. The molecule has 0 saturated heterocycles. The minimum Gasteiger partial charge on any atom is -0.465 e. The van der Waals surface area contributed by atoms with Crippen LogP contribution in [0.3, 0.4) is 0 Å². The van der Waals surface area contributed by atoms with Gasteiger partial charge in [-0.25, -0.2) is 9.80 Å². The van der Waals surface area contributed by atoms with Gasteiger partial charge in [-0.15, -0.1) is 0 Å². The summed E-state index contributed by atoms with van der Waals surface area (Å²) in [7, 11) is 0. The van der Waals surface area contributed by atoms with E-state index in [1.165, 1.54) is 0 Å². The number of rotatable bonds is 5. The van der Waals surface area contributed by atoms with Gasteiger partial charge < -0.3 is 9.47 Å². The first-order valence-corrected chi connectivity index (χ1v) is 6.95. The molecule has 2 amide bonds. The van der Waals surface area contributed by atoms with E-state index in [-0.39, 0.29) is 13.2 Å². The predicted molar refractivity (Wildman–Crippen MR) is 79.0 cm³/mol. The van der Waals surface area contributed by atoms with Gasteiger partial charge in [0.25, 0.3) is 5.91 Å². The van der Waals surface area contributed by atoms with Crippen LogP contribution in [0.5, 0.6) is 0 Å². The summed E-state index contributed by atoms with van der Waals surface area (Å²) >= 11 is 0. The van der Waals surface area contributed by atoms with Crippen LogP contribution in [0.25, 0.3) is 0 Å². The third-order valence-electron chi connectivity index (χ3n) is 2.63. The molecule has 7 nitrogen and oxygen atoms in total. The summed E-state index contributed by atoms with van der Waals surface area (Å²) in [5.41, 5.74) is 3.72. The molecule has 0 radical (unpaired) electrons. The Hall–Kier alpha value is -2.57. The average Bonchev–Trinajstić information content (AvgIpc) is 2.47. The monoisotopic (exact) mass is 308 g/mol. The maximum Gasteiger partial charge on any atom is 0.429 e. The van der Waals surface area contributed by atoms with E-state index in [1.54, 1.807) is 38.1 Å². The normalized spacial score (nSPS) is 9.77. The number of ether oxygens (including phenoxy) is 2. The zero-order valence-corrected chi connectivity index (χ0v) is 12.9. The fraction of sp³-hybridized carbons (Fsp3) is 0.400. The highest BCUT2D eigenvalue weighted by atomic mass is 16.6. The summed E-state index contributed by atoms with van der Waals surface area (Å²) in [6, 6.07) is 6.79. The molecule has 1 aromatic carbocycles. The molecule has 22 heavy (non-hydrogen) atoms. The number of esters is 1. The van der Waals surface area contributed by atoms with Crippen molar-refractivity contribution in [3.8, 4) is 0 Å². The van der Waals surface area contributed by atoms with Crippen molar-refractivity contribution in [3.05, 3.63) is 35.4 Å². The Morgan fingerprint density at radius 2 is 1.64 bits per heavy atom. The number of carbonyl (C=O) groups excluding carboxylic acids is 3. The van der Waals surface area contributed by atoms with E-state index in [1.807, 2.05) is 6.92 Å². The molecule has 0 aromatic heterocycles. The maximum absolute atomic E-state index is 12.1. The van der Waals surface area contributed by atoms with Crippen molar-refractivity contribution in [3.63, 3.8) is 0 Å². The van der Waals surface area contributed by atoms with Gasteiger partial charge in [-0.05, 0) is 32.9 Å². The summed E-state index contributed by atoms with van der Waals surface area (Å²) in [6.45, 7) is 5.05. The maximum atomic E-state index is 12.1. The van der Waals surface area contributed by atoms with Crippen LogP contribution < -0.4 is 5.43 Å². The molecule has 0 aliphatic carbocycles. The van der Waals surface area contributed by atoms with Gasteiger partial charge in [0.15, 0.2) is 0 Å². The number of nitrogens with zero attached hydrogens (tertiary/aromatic N) is 1. The molecule has 120 valence electrons. The first-order valence-electron chi connectivity index (χ1n) is 6.95. The molecule has 1 rings (SSSR count). The van der Waals surface area contributed by atoms with E-state index in [0.29, 0.717) is 5.56 Å². The molecular formula is C15H20N2O5. The molecule has 1 aromatic rings. The van der Waals surface area contributed by atoms with E-state index in [2.05, 4.69) is 5.43 Å². The Morgan fingerprint density at radius 1 is 1.05 bits per heavy atom. The SMILES string of the molecule is CCOC(=O)CN(NC(=O)c1ccc(C)cc1)C(=O)OCC. The molecule has 0 heterocycles. The lowest BCUT2D eigenvalue weighted by Crippen LogP contribution is -2.49. The number of hydrazine groups is 1. The molecule has 0 fully saturated rings. The van der Waals surface area contributed by atoms with Crippen LogP contribution in [-0.4, -0.2) is 42.7 Å². The third kappa shape index (κ3) is 5.43. The minimum atomic E-state index is -0.823. The van der Waals surface area contributed by atoms with Crippen molar-refractivity contribution in [2.45, 2.75) is 20.8 Å². The second kappa shape index (κ2) is 8.66. The van der Waals surface area contributed by atoms with Gasteiger partial charge in [-0.3, -0.25) is 15.0 Å². The summed E-state index contributed by atoms with van der Waals surface area (Å²) in [4.78, 5) is 35.4.